The Morgan fingerprint density at radius 3 is 1.50 bits per heavy atom. The smallest absolute Gasteiger partial charge is 0.306 e. The Hall–Kier alpha value is -2.89. The van der Waals surface area contributed by atoms with Crippen LogP contribution in [0.15, 0.2) is 97.2 Å². The van der Waals surface area contributed by atoms with Gasteiger partial charge in [0, 0.05) is 13.0 Å². The molecule has 0 amide bonds. The normalized spacial score (nSPS) is 21.2. The number of unbranched alkanes of at least 4 members (excludes halogenated alkanes) is 9. The van der Waals surface area contributed by atoms with E-state index in [4.69, 9.17) is 18.9 Å². The van der Waals surface area contributed by atoms with Gasteiger partial charge in [0.25, 0.3) is 0 Å². The monoisotopic (exact) mass is 813 g/mol. The third kappa shape index (κ3) is 30.2. The lowest BCUT2D eigenvalue weighted by Crippen LogP contribution is -2.59. The molecule has 1 rings (SSSR count). The molecule has 6 atom stereocenters. The molecule has 1 aliphatic rings. The summed E-state index contributed by atoms with van der Waals surface area (Å²) in [7, 11) is 0. The summed E-state index contributed by atoms with van der Waals surface area (Å²) in [5.41, 5.74) is 0. The maximum atomic E-state index is 12.8. The van der Waals surface area contributed by atoms with Crippen LogP contribution in [0.2, 0.25) is 0 Å². The molecule has 0 spiro atoms. The lowest BCUT2D eigenvalue weighted by Gasteiger charge is -2.39. The van der Waals surface area contributed by atoms with E-state index in [-0.39, 0.29) is 25.6 Å². The summed E-state index contributed by atoms with van der Waals surface area (Å²) >= 11 is 0. The van der Waals surface area contributed by atoms with Crippen molar-refractivity contribution in [1.29, 1.82) is 0 Å². The van der Waals surface area contributed by atoms with Gasteiger partial charge in [0.15, 0.2) is 6.29 Å². The maximum Gasteiger partial charge on any atom is 0.306 e. The van der Waals surface area contributed by atoms with Crippen LogP contribution in [0, 0.1) is 0 Å². The van der Waals surface area contributed by atoms with Gasteiger partial charge in [-0.25, -0.2) is 0 Å². The van der Waals surface area contributed by atoms with Crippen LogP contribution < -0.4 is 0 Å². The van der Waals surface area contributed by atoms with Crippen molar-refractivity contribution in [2.45, 2.75) is 179 Å². The average Bonchev–Trinajstić information content (AvgIpc) is 3.22. The Bertz CT molecular complexity index is 1200. The largest absolute Gasteiger partial charge is 0.457 e. The molecule has 6 unspecified atom stereocenters. The minimum absolute atomic E-state index is 0.114. The molecule has 0 aromatic heterocycles. The van der Waals surface area contributed by atoms with E-state index < -0.39 is 43.4 Å². The molecule has 330 valence electrons. The van der Waals surface area contributed by atoms with Gasteiger partial charge in [-0.3, -0.25) is 4.79 Å². The van der Waals surface area contributed by atoms with Crippen molar-refractivity contribution in [2.24, 2.45) is 0 Å². The van der Waals surface area contributed by atoms with E-state index in [1.165, 1.54) is 25.7 Å². The van der Waals surface area contributed by atoms with Gasteiger partial charge in [-0.15, -0.1) is 0 Å². The number of ether oxygens (including phenoxy) is 4. The molecule has 0 aromatic rings. The fourth-order valence-electron chi connectivity index (χ4n) is 6.06. The van der Waals surface area contributed by atoms with Gasteiger partial charge in [0.1, 0.15) is 30.5 Å². The zero-order valence-corrected chi connectivity index (χ0v) is 36.0. The fourth-order valence-corrected chi connectivity index (χ4v) is 6.06. The number of aliphatic hydroxyl groups is 4. The predicted octanol–water partition coefficient (Wildman–Crippen LogP) is 10.0. The molecule has 9 nitrogen and oxygen atoms in total. The molecule has 58 heavy (non-hydrogen) atoms. The van der Waals surface area contributed by atoms with E-state index in [1.54, 1.807) is 0 Å². The first-order chi connectivity index (χ1) is 28.4. The van der Waals surface area contributed by atoms with Gasteiger partial charge in [-0.05, 0) is 89.9 Å². The lowest BCUT2D eigenvalue weighted by molar-refractivity contribution is -0.305. The molecule has 0 aliphatic carbocycles. The number of rotatable bonds is 36. The molecular weight excluding hydrogens is 733 g/mol. The third-order valence-electron chi connectivity index (χ3n) is 9.50. The van der Waals surface area contributed by atoms with Crippen LogP contribution in [0.5, 0.6) is 0 Å². The van der Waals surface area contributed by atoms with Crippen molar-refractivity contribution in [3.8, 4) is 0 Å². The van der Waals surface area contributed by atoms with Crippen molar-refractivity contribution < 1.29 is 44.2 Å². The zero-order chi connectivity index (χ0) is 42.2. The first kappa shape index (κ1) is 53.1. The summed E-state index contributed by atoms with van der Waals surface area (Å²) in [5, 5.41) is 40.1. The first-order valence-electron chi connectivity index (χ1n) is 22.3. The van der Waals surface area contributed by atoms with Crippen LogP contribution in [0.25, 0.3) is 0 Å². The number of aliphatic hydroxyl groups excluding tert-OH is 4. The van der Waals surface area contributed by atoms with E-state index in [0.717, 1.165) is 89.9 Å². The Morgan fingerprint density at radius 1 is 0.552 bits per heavy atom. The van der Waals surface area contributed by atoms with Crippen LogP contribution in [0.4, 0.5) is 0 Å². The molecule has 9 heteroatoms. The molecule has 0 aromatic carbocycles. The molecule has 1 saturated heterocycles. The van der Waals surface area contributed by atoms with Gasteiger partial charge in [-0.1, -0.05) is 143 Å². The fraction of sp³-hybridized carbons (Fsp3) is 0.653. The Morgan fingerprint density at radius 2 is 1.00 bits per heavy atom. The van der Waals surface area contributed by atoms with Crippen molar-refractivity contribution in [1.82, 2.24) is 0 Å². The number of allylic oxidation sites excluding steroid dienone is 16. The SMILES string of the molecule is CC/C=C\C/C=C\C/C=C\C/C=C\CCCCCCCCCOCC(COC1OC(CO)C(O)C(O)C1O)OC(=O)CCCC/C=C\C/C=C\C/C=C\C/C=C\CC. The maximum absolute atomic E-state index is 12.8. The number of hydrogen-bond donors (Lipinski definition) is 4. The lowest BCUT2D eigenvalue weighted by atomic mass is 9.99. The molecule has 4 N–H and O–H groups in total. The highest BCUT2D eigenvalue weighted by Gasteiger charge is 2.44. The number of carbonyl (C=O) groups is 1. The molecule has 1 heterocycles. The molecule has 0 bridgehead atoms. The van der Waals surface area contributed by atoms with E-state index in [1.807, 2.05) is 0 Å². The second-order valence-corrected chi connectivity index (χ2v) is 14.7. The summed E-state index contributed by atoms with van der Waals surface area (Å²) in [6.45, 7) is 4.22. The van der Waals surface area contributed by atoms with Crippen LogP contribution in [0.1, 0.15) is 142 Å². The van der Waals surface area contributed by atoms with E-state index in [2.05, 4.69) is 111 Å². The highest BCUT2D eigenvalue weighted by atomic mass is 16.7. The minimum Gasteiger partial charge on any atom is -0.457 e. The second-order valence-electron chi connectivity index (χ2n) is 14.7. The molecule has 0 radical (unpaired) electrons. The van der Waals surface area contributed by atoms with Crippen molar-refractivity contribution in [3.05, 3.63) is 97.2 Å². The van der Waals surface area contributed by atoms with Crippen LogP contribution >= 0.6 is 0 Å². The van der Waals surface area contributed by atoms with Crippen LogP contribution in [0.3, 0.4) is 0 Å². The Balaban J connectivity index is 2.31. The zero-order valence-electron chi connectivity index (χ0n) is 36.0. The van der Waals surface area contributed by atoms with E-state index >= 15 is 0 Å². The van der Waals surface area contributed by atoms with E-state index in [0.29, 0.717) is 13.0 Å². The molecule has 1 aliphatic heterocycles. The van der Waals surface area contributed by atoms with Gasteiger partial charge in [0.2, 0.25) is 0 Å². The summed E-state index contributed by atoms with van der Waals surface area (Å²) in [4.78, 5) is 12.8. The van der Waals surface area contributed by atoms with Crippen molar-refractivity contribution >= 4 is 5.97 Å². The standard InChI is InChI=1S/C49H80O9/c1-3-5-7-9-11-13-15-17-19-20-21-22-23-25-27-29-31-33-35-37-39-55-41-43(42-56-49-48(54)47(53)46(52)44(40-50)58-49)57-45(51)38-36-34-32-30-28-26-24-18-16-14-12-10-8-6-4-2/h5-8,11-14,17-19,21-22,24,28,30,43-44,46-50,52-54H,3-4,9-10,15-16,20,23,25-27,29,31-42H2,1-2H3/b7-5-,8-6-,13-11-,14-12-,19-17-,22-21-,24-18-,30-28-. The number of hydrogen-bond acceptors (Lipinski definition) is 9. The summed E-state index contributed by atoms with van der Waals surface area (Å²) in [6, 6.07) is 0. The van der Waals surface area contributed by atoms with E-state index in [9.17, 15) is 25.2 Å². The Labute approximate surface area is 352 Å². The molecular formula is C49H80O9. The van der Waals surface area contributed by atoms with Gasteiger partial charge in [0.05, 0.1) is 19.8 Å². The van der Waals surface area contributed by atoms with Crippen molar-refractivity contribution in [2.75, 3.05) is 26.4 Å². The molecule has 0 saturated carbocycles. The summed E-state index contributed by atoms with van der Waals surface area (Å²) < 4.78 is 22.7. The van der Waals surface area contributed by atoms with Gasteiger partial charge in [-0.2, -0.15) is 0 Å². The summed E-state index contributed by atoms with van der Waals surface area (Å²) in [5.74, 6) is -0.363. The summed E-state index contributed by atoms with van der Waals surface area (Å²) in [6.07, 6.45) is 47.2. The highest BCUT2D eigenvalue weighted by Crippen LogP contribution is 2.22. The van der Waals surface area contributed by atoms with Gasteiger partial charge < -0.3 is 39.4 Å². The number of esters is 1. The quantitative estimate of drug-likeness (QED) is 0.0277. The van der Waals surface area contributed by atoms with Crippen molar-refractivity contribution in [3.63, 3.8) is 0 Å². The molecule has 1 fully saturated rings. The Kier molecular flexibility index (Phi) is 36.2. The van der Waals surface area contributed by atoms with Gasteiger partial charge >= 0.3 is 5.97 Å². The topological polar surface area (TPSA) is 135 Å². The average molecular weight is 813 g/mol. The minimum atomic E-state index is -1.55. The first-order valence-corrected chi connectivity index (χ1v) is 22.3. The predicted molar refractivity (Wildman–Crippen MR) is 237 cm³/mol. The third-order valence-corrected chi connectivity index (χ3v) is 9.50. The highest BCUT2D eigenvalue weighted by molar-refractivity contribution is 5.69. The van der Waals surface area contributed by atoms with Crippen LogP contribution in [-0.2, 0) is 23.7 Å². The second kappa shape index (κ2) is 39.6. The van der Waals surface area contributed by atoms with Crippen LogP contribution in [-0.4, -0.2) is 89.6 Å². The number of carbonyl (C=O) groups excluding carboxylic acids is 1.